The molecule has 1 amide bonds. The van der Waals surface area contributed by atoms with E-state index in [1.807, 2.05) is 0 Å². The molecule has 4 nitrogen and oxygen atoms in total. The van der Waals surface area contributed by atoms with Gasteiger partial charge in [0, 0.05) is 6.04 Å². The minimum Gasteiger partial charge on any atom is -0.315 e. The van der Waals surface area contributed by atoms with Crippen molar-refractivity contribution in [3.63, 3.8) is 0 Å². The number of hydrogen-bond acceptors (Lipinski definition) is 4. The lowest BCUT2D eigenvalue weighted by Gasteiger charge is -2.23. The van der Waals surface area contributed by atoms with Crippen molar-refractivity contribution >= 4 is 22.2 Å². The fourth-order valence-electron chi connectivity index (χ4n) is 2.69. The Hall–Kier alpha value is -2.16. The van der Waals surface area contributed by atoms with E-state index in [2.05, 4.69) is 68.7 Å². The predicted octanol–water partition coefficient (Wildman–Crippen LogP) is 4.67. The molecule has 1 atom stereocenters. The van der Waals surface area contributed by atoms with Crippen molar-refractivity contribution in [1.29, 1.82) is 5.26 Å². The second-order valence-corrected chi connectivity index (χ2v) is 7.66. The van der Waals surface area contributed by atoms with Gasteiger partial charge in [0.1, 0.15) is 11.1 Å². The molecule has 132 valence electrons. The summed E-state index contributed by atoms with van der Waals surface area (Å²) in [5, 5.41) is 17.6. The van der Waals surface area contributed by atoms with E-state index in [0.29, 0.717) is 22.4 Å². The maximum absolute atomic E-state index is 12.2. The Labute approximate surface area is 153 Å². The molecule has 0 unspecified atom stereocenters. The van der Waals surface area contributed by atoms with Gasteiger partial charge >= 0.3 is 0 Å². The van der Waals surface area contributed by atoms with Crippen LogP contribution in [0.25, 0.3) is 0 Å². The first-order chi connectivity index (χ1) is 11.9. The summed E-state index contributed by atoms with van der Waals surface area (Å²) in [6.07, 6.45) is 0. The molecule has 0 bridgehead atoms. The van der Waals surface area contributed by atoms with Crippen LogP contribution in [-0.2, 0) is 4.79 Å². The quantitative estimate of drug-likeness (QED) is 0.758. The summed E-state index contributed by atoms with van der Waals surface area (Å²) in [6, 6.07) is 12.5. The van der Waals surface area contributed by atoms with Gasteiger partial charge in [0.2, 0.25) is 5.91 Å². The molecule has 0 saturated heterocycles. The van der Waals surface area contributed by atoms with Gasteiger partial charge < -0.3 is 10.6 Å². The predicted molar refractivity (Wildman–Crippen MR) is 104 cm³/mol. The van der Waals surface area contributed by atoms with Crippen LogP contribution in [0.1, 0.15) is 56.3 Å². The van der Waals surface area contributed by atoms with Gasteiger partial charge in [-0.25, -0.2) is 0 Å². The molecule has 2 N–H and O–H groups in total. The molecular formula is C20H25N3OS. The summed E-state index contributed by atoms with van der Waals surface area (Å²) in [7, 11) is 0. The van der Waals surface area contributed by atoms with E-state index in [4.69, 9.17) is 5.26 Å². The number of amides is 1. The molecule has 0 radical (unpaired) electrons. The number of benzene rings is 1. The molecule has 2 rings (SSSR count). The van der Waals surface area contributed by atoms with E-state index < -0.39 is 0 Å². The monoisotopic (exact) mass is 355 g/mol. The first-order valence-electron chi connectivity index (χ1n) is 8.53. The second kappa shape index (κ2) is 8.80. The third kappa shape index (κ3) is 5.15. The van der Waals surface area contributed by atoms with E-state index in [0.717, 1.165) is 0 Å². The maximum Gasteiger partial charge on any atom is 0.238 e. The number of carbonyl (C=O) groups is 1. The molecule has 0 saturated carbocycles. The molecule has 25 heavy (non-hydrogen) atoms. The highest BCUT2D eigenvalue weighted by Gasteiger charge is 2.17. The number of nitrogens with one attached hydrogen (secondary N) is 2. The normalized spacial score (nSPS) is 12.2. The Morgan fingerprint density at radius 2 is 1.76 bits per heavy atom. The van der Waals surface area contributed by atoms with Crippen molar-refractivity contribution < 1.29 is 4.79 Å². The molecule has 1 aromatic heterocycles. The molecule has 2 aromatic rings. The van der Waals surface area contributed by atoms with Crippen LogP contribution in [-0.4, -0.2) is 12.5 Å². The Balaban J connectivity index is 1.99. The number of nitrogens with zero attached hydrogens (tertiary/aromatic N) is 1. The lowest BCUT2D eigenvalue weighted by atomic mass is 9.93. The molecule has 1 heterocycles. The Morgan fingerprint density at radius 3 is 2.32 bits per heavy atom. The van der Waals surface area contributed by atoms with Crippen LogP contribution >= 0.6 is 11.3 Å². The summed E-state index contributed by atoms with van der Waals surface area (Å²) < 4.78 is 0. The lowest BCUT2D eigenvalue weighted by molar-refractivity contribution is -0.115. The van der Waals surface area contributed by atoms with Crippen molar-refractivity contribution in [3.05, 3.63) is 52.4 Å². The maximum atomic E-state index is 12.2. The summed E-state index contributed by atoms with van der Waals surface area (Å²) in [5.74, 6) is 0.725. The standard InChI is InChI=1S/C20H25N3OS/c1-13(2)15-5-7-16(8-6-15)19(14(3)4)22-12-18(24)23-20-17(11-21)9-10-25-20/h5-10,13-14,19,22H,12H2,1-4H3,(H,23,24)/t19-/m1/s1. The highest BCUT2D eigenvalue weighted by atomic mass is 32.1. The summed E-state index contributed by atoms with van der Waals surface area (Å²) in [4.78, 5) is 12.2. The molecule has 0 aliphatic carbocycles. The third-order valence-electron chi connectivity index (χ3n) is 4.15. The number of rotatable bonds is 7. The molecular weight excluding hydrogens is 330 g/mol. The molecule has 5 heteroatoms. The molecule has 1 aromatic carbocycles. The van der Waals surface area contributed by atoms with Crippen LogP contribution in [0.15, 0.2) is 35.7 Å². The highest BCUT2D eigenvalue weighted by molar-refractivity contribution is 7.14. The van der Waals surface area contributed by atoms with Crippen molar-refractivity contribution in [1.82, 2.24) is 5.32 Å². The number of carbonyl (C=O) groups excluding carboxylic acids is 1. The second-order valence-electron chi connectivity index (χ2n) is 6.75. The van der Waals surface area contributed by atoms with Crippen LogP contribution in [0, 0.1) is 17.2 Å². The van der Waals surface area contributed by atoms with Crippen LogP contribution in [0.4, 0.5) is 5.00 Å². The van der Waals surface area contributed by atoms with Crippen LogP contribution in [0.2, 0.25) is 0 Å². The fourth-order valence-corrected chi connectivity index (χ4v) is 3.45. The highest BCUT2D eigenvalue weighted by Crippen LogP contribution is 2.24. The zero-order valence-corrected chi connectivity index (χ0v) is 16.0. The van der Waals surface area contributed by atoms with Gasteiger partial charge in [-0.2, -0.15) is 5.26 Å². The Bertz CT molecular complexity index is 741. The summed E-state index contributed by atoms with van der Waals surface area (Å²) in [6.45, 7) is 8.84. The number of anilines is 1. The summed E-state index contributed by atoms with van der Waals surface area (Å²) in [5.41, 5.74) is 3.00. The van der Waals surface area contributed by atoms with Gasteiger partial charge in [-0.15, -0.1) is 11.3 Å². The van der Waals surface area contributed by atoms with Crippen LogP contribution in [0.3, 0.4) is 0 Å². The van der Waals surface area contributed by atoms with Gasteiger partial charge in [-0.1, -0.05) is 52.0 Å². The van der Waals surface area contributed by atoms with E-state index in [9.17, 15) is 4.79 Å². The minimum absolute atomic E-state index is 0.103. The van der Waals surface area contributed by atoms with Gasteiger partial charge in [-0.3, -0.25) is 4.79 Å². The molecule has 0 aliphatic rings. The van der Waals surface area contributed by atoms with Crippen molar-refractivity contribution in [2.24, 2.45) is 5.92 Å². The van der Waals surface area contributed by atoms with E-state index >= 15 is 0 Å². The van der Waals surface area contributed by atoms with E-state index in [1.54, 1.807) is 11.4 Å². The van der Waals surface area contributed by atoms with Gasteiger partial charge in [0.15, 0.2) is 0 Å². The molecule has 0 fully saturated rings. The van der Waals surface area contributed by atoms with Gasteiger partial charge in [0.05, 0.1) is 12.1 Å². The number of thiophene rings is 1. The van der Waals surface area contributed by atoms with E-state index in [-0.39, 0.29) is 18.5 Å². The average molecular weight is 356 g/mol. The summed E-state index contributed by atoms with van der Waals surface area (Å²) >= 11 is 1.36. The van der Waals surface area contributed by atoms with Gasteiger partial charge in [-0.05, 0) is 34.4 Å². The largest absolute Gasteiger partial charge is 0.315 e. The first-order valence-corrected chi connectivity index (χ1v) is 9.41. The smallest absolute Gasteiger partial charge is 0.238 e. The van der Waals surface area contributed by atoms with Gasteiger partial charge in [0.25, 0.3) is 0 Å². The van der Waals surface area contributed by atoms with E-state index in [1.165, 1.54) is 22.5 Å². The van der Waals surface area contributed by atoms with Crippen LogP contribution in [0.5, 0.6) is 0 Å². The van der Waals surface area contributed by atoms with Crippen molar-refractivity contribution in [3.8, 4) is 6.07 Å². The zero-order valence-electron chi connectivity index (χ0n) is 15.2. The zero-order chi connectivity index (χ0) is 18.4. The SMILES string of the molecule is CC(C)c1ccc([C@H](NCC(=O)Nc2sccc2C#N)C(C)C)cc1. The lowest BCUT2D eigenvalue weighted by Crippen LogP contribution is -2.33. The topological polar surface area (TPSA) is 64.9 Å². The third-order valence-corrected chi connectivity index (χ3v) is 4.98. The average Bonchev–Trinajstić information content (AvgIpc) is 3.02. The van der Waals surface area contributed by atoms with Crippen molar-refractivity contribution in [2.75, 3.05) is 11.9 Å². The molecule has 0 spiro atoms. The molecule has 0 aliphatic heterocycles. The number of nitriles is 1. The van der Waals surface area contributed by atoms with Crippen molar-refractivity contribution in [2.45, 2.75) is 39.7 Å². The fraction of sp³-hybridized carbons (Fsp3) is 0.400. The minimum atomic E-state index is -0.136. The first kappa shape index (κ1) is 19.2. The van der Waals surface area contributed by atoms with Crippen LogP contribution < -0.4 is 10.6 Å². The Morgan fingerprint density at radius 1 is 1.12 bits per heavy atom. The Kier molecular flexibility index (Phi) is 6.74. The number of hydrogen-bond donors (Lipinski definition) is 2.